The van der Waals surface area contributed by atoms with Gasteiger partial charge in [-0.1, -0.05) is 40.5 Å². The molecule has 0 aliphatic heterocycles. The van der Waals surface area contributed by atoms with Crippen molar-refractivity contribution in [2.75, 3.05) is 40.3 Å². The monoisotopic (exact) mass is 361 g/mol. The van der Waals surface area contributed by atoms with Gasteiger partial charge in [-0.15, -0.1) is 0 Å². The number of rotatable bonds is 8. The Labute approximate surface area is 136 Å². The lowest BCUT2D eigenvalue weighted by Gasteiger charge is -2.31. The lowest BCUT2D eigenvalue weighted by Crippen LogP contribution is -2.35. The van der Waals surface area contributed by atoms with Gasteiger partial charge in [-0.2, -0.15) is 0 Å². The van der Waals surface area contributed by atoms with Crippen LogP contribution >= 0.6 is 27.5 Å². The van der Waals surface area contributed by atoms with Crippen LogP contribution in [-0.4, -0.2) is 50.1 Å². The van der Waals surface area contributed by atoms with Gasteiger partial charge in [-0.05, 0) is 51.3 Å². The third-order valence-corrected chi connectivity index (χ3v) is 4.36. The molecule has 0 fully saturated rings. The van der Waals surface area contributed by atoms with Crippen molar-refractivity contribution in [2.24, 2.45) is 5.73 Å². The number of benzene rings is 1. The Morgan fingerprint density at radius 3 is 2.50 bits per heavy atom. The zero-order chi connectivity index (χ0) is 15.1. The molecule has 1 unspecified atom stereocenters. The molecule has 3 nitrogen and oxygen atoms in total. The van der Waals surface area contributed by atoms with Crippen LogP contribution in [0, 0.1) is 0 Å². The summed E-state index contributed by atoms with van der Waals surface area (Å²) in [6, 6.07) is 6.16. The second-order valence-electron chi connectivity index (χ2n) is 5.20. The van der Waals surface area contributed by atoms with E-state index in [9.17, 15) is 0 Å². The maximum Gasteiger partial charge on any atom is 0.0481 e. The molecular weight excluding hydrogens is 338 g/mol. The number of halogens is 2. The topological polar surface area (TPSA) is 32.5 Å². The molecular formula is C15H25BrClN3. The van der Waals surface area contributed by atoms with E-state index in [1.807, 2.05) is 12.1 Å². The molecule has 0 aromatic heterocycles. The van der Waals surface area contributed by atoms with Gasteiger partial charge in [-0.25, -0.2) is 0 Å². The van der Waals surface area contributed by atoms with Crippen LogP contribution < -0.4 is 5.73 Å². The average molecular weight is 363 g/mol. The van der Waals surface area contributed by atoms with E-state index in [2.05, 4.69) is 52.8 Å². The fraction of sp³-hybridized carbons (Fsp3) is 0.600. The third-order valence-electron chi connectivity index (χ3n) is 3.44. The standard InChI is InChI=1S/C15H25BrClN3/c1-4-20(9-5-8-19(2)3)15(11-18)13-7-6-12(17)10-14(13)16/h6-7,10,15H,4-5,8-9,11,18H2,1-3H3. The lowest BCUT2D eigenvalue weighted by atomic mass is 10.0. The highest BCUT2D eigenvalue weighted by Gasteiger charge is 2.19. The van der Waals surface area contributed by atoms with Crippen LogP contribution in [0.3, 0.4) is 0 Å². The van der Waals surface area contributed by atoms with Gasteiger partial charge in [0.15, 0.2) is 0 Å². The van der Waals surface area contributed by atoms with Crippen molar-refractivity contribution in [3.63, 3.8) is 0 Å². The Kier molecular flexibility index (Phi) is 8.07. The predicted molar refractivity (Wildman–Crippen MR) is 91.4 cm³/mol. The van der Waals surface area contributed by atoms with E-state index in [1.165, 1.54) is 5.56 Å². The molecule has 1 atom stereocenters. The number of nitrogens with two attached hydrogens (primary N) is 1. The molecule has 0 saturated carbocycles. The molecule has 114 valence electrons. The average Bonchev–Trinajstić information content (AvgIpc) is 2.39. The van der Waals surface area contributed by atoms with Gasteiger partial charge < -0.3 is 10.6 Å². The smallest absolute Gasteiger partial charge is 0.0481 e. The summed E-state index contributed by atoms with van der Waals surface area (Å²) in [5.41, 5.74) is 7.23. The van der Waals surface area contributed by atoms with Crippen LogP contribution in [0.15, 0.2) is 22.7 Å². The van der Waals surface area contributed by atoms with Crippen molar-refractivity contribution in [1.82, 2.24) is 9.80 Å². The molecule has 0 amide bonds. The van der Waals surface area contributed by atoms with Crippen LogP contribution in [0.2, 0.25) is 5.02 Å². The number of likely N-dealkylation sites (N-methyl/N-ethyl adjacent to an activating group) is 1. The van der Waals surface area contributed by atoms with E-state index < -0.39 is 0 Å². The fourth-order valence-corrected chi connectivity index (χ4v) is 3.32. The molecule has 1 rings (SSSR count). The fourth-order valence-electron chi connectivity index (χ4n) is 2.37. The molecule has 0 radical (unpaired) electrons. The SMILES string of the molecule is CCN(CCCN(C)C)C(CN)c1ccc(Cl)cc1Br. The third kappa shape index (κ3) is 5.34. The van der Waals surface area contributed by atoms with Crippen LogP contribution in [-0.2, 0) is 0 Å². The molecule has 0 aliphatic carbocycles. The minimum Gasteiger partial charge on any atom is -0.329 e. The van der Waals surface area contributed by atoms with E-state index in [-0.39, 0.29) is 6.04 Å². The normalized spacial score (nSPS) is 13.2. The lowest BCUT2D eigenvalue weighted by molar-refractivity contribution is 0.201. The van der Waals surface area contributed by atoms with E-state index in [1.54, 1.807) is 0 Å². The second kappa shape index (κ2) is 9.00. The van der Waals surface area contributed by atoms with E-state index >= 15 is 0 Å². The summed E-state index contributed by atoms with van der Waals surface area (Å²) >= 11 is 9.62. The van der Waals surface area contributed by atoms with Crippen LogP contribution in [0.5, 0.6) is 0 Å². The molecule has 0 aliphatic rings. The van der Waals surface area contributed by atoms with E-state index in [4.69, 9.17) is 17.3 Å². The van der Waals surface area contributed by atoms with Crippen LogP contribution in [0.4, 0.5) is 0 Å². The van der Waals surface area contributed by atoms with Crippen LogP contribution in [0.1, 0.15) is 24.9 Å². The number of hydrogen-bond donors (Lipinski definition) is 1. The maximum absolute atomic E-state index is 6.02. The van der Waals surface area contributed by atoms with Crippen molar-refractivity contribution < 1.29 is 0 Å². The molecule has 0 spiro atoms. The number of nitrogens with zero attached hydrogens (tertiary/aromatic N) is 2. The summed E-state index contributed by atoms with van der Waals surface area (Å²) in [5.74, 6) is 0. The minimum absolute atomic E-state index is 0.230. The first-order chi connectivity index (χ1) is 9.49. The van der Waals surface area contributed by atoms with Crippen molar-refractivity contribution in [1.29, 1.82) is 0 Å². The quantitative estimate of drug-likeness (QED) is 0.769. The molecule has 5 heteroatoms. The van der Waals surface area contributed by atoms with Crippen LogP contribution in [0.25, 0.3) is 0 Å². The van der Waals surface area contributed by atoms with Crippen molar-refractivity contribution in [3.05, 3.63) is 33.3 Å². The van der Waals surface area contributed by atoms with Gasteiger partial charge >= 0.3 is 0 Å². The van der Waals surface area contributed by atoms with Crippen molar-refractivity contribution in [2.45, 2.75) is 19.4 Å². The van der Waals surface area contributed by atoms with Crippen molar-refractivity contribution in [3.8, 4) is 0 Å². The Bertz CT molecular complexity index is 412. The van der Waals surface area contributed by atoms with Gasteiger partial charge in [0.05, 0.1) is 0 Å². The molecule has 1 aromatic carbocycles. The van der Waals surface area contributed by atoms with Gasteiger partial charge in [0.1, 0.15) is 0 Å². The highest BCUT2D eigenvalue weighted by atomic mass is 79.9. The zero-order valence-electron chi connectivity index (χ0n) is 12.6. The Morgan fingerprint density at radius 1 is 1.30 bits per heavy atom. The minimum atomic E-state index is 0.230. The van der Waals surface area contributed by atoms with Gasteiger partial charge in [-0.3, -0.25) is 4.90 Å². The van der Waals surface area contributed by atoms with E-state index in [0.29, 0.717) is 6.54 Å². The van der Waals surface area contributed by atoms with Gasteiger partial charge in [0.25, 0.3) is 0 Å². The highest BCUT2D eigenvalue weighted by molar-refractivity contribution is 9.10. The Hall–Kier alpha value is -0.130. The molecule has 0 bridgehead atoms. The van der Waals surface area contributed by atoms with Crippen molar-refractivity contribution >= 4 is 27.5 Å². The summed E-state index contributed by atoms with van der Waals surface area (Å²) in [6.45, 7) is 5.92. The first kappa shape index (κ1) is 17.9. The second-order valence-corrected chi connectivity index (χ2v) is 6.49. The molecule has 2 N–H and O–H groups in total. The van der Waals surface area contributed by atoms with Gasteiger partial charge in [0, 0.05) is 28.6 Å². The summed E-state index contributed by atoms with van der Waals surface area (Å²) < 4.78 is 1.03. The summed E-state index contributed by atoms with van der Waals surface area (Å²) in [4.78, 5) is 4.64. The highest BCUT2D eigenvalue weighted by Crippen LogP contribution is 2.29. The zero-order valence-corrected chi connectivity index (χ0v) is 14.9. The first-order valence-electron chi connectivity index (χ1n) is 7.03. The van der Waals surface area contributed by atoms with Gasteiger partial charge in [0.2, 0.25) is 0 Å². The maximum atomic E-state index is 6.02. The summed E-state index contributed by atoms with van der Waals surface area (Å²) in [5, 5.41) is 0.743. The Balaban J connectivity index is 2.80. The predicted octanol–water partition coefficient (Wildman–Crippen LogP) is 3.38. The number of hydrogen-bond acceptors (Lipinski definition) is 3. The summed E-state index contributed by atoms with van der Waals surface area (Å²) in [6.07, 6.45) is 1.14. The molecule has 1 aromatic rings. The van der Waals surface area contributed by atoms with E-state index in [0.717, 1.165) is 35.6 Å². The Morgan fingerprint density at radius 2 is 2.00 bits per heavy atom. The summed E-state index contributed by atoms with van der Waals surface area (Å²) in [7, 11) is 4.21. The first-order valence-corrected chi connectivity index (χ1v) is 8.20. The molecule has 0 heterocycles. The molecule has 0 saturated heterocycles. The molecule has 20 heavy (non-hydrogen) atoms. The largest absolute Gasteiger partial charge is 0.329 e.